The normalized spacial score (nSPS) is 19.6. The van der Waals surface area contributed by atoms with Crippen LogP contribution in [0.2, 0.25) is 5.02 Å². The van der Waals surface area contributed by atoms with E-state index in [4.69, 9.17) is 26.1 Å². The number of likely N-dealkylation sites (tertiary alicyclic amines) is 1. The number of aromatic carboxylic acids is 1. The molecule has 2 fully saturated rings. The number of alkyl halides is 1. The van der Waals surface area contributed by atoms with Crippen LogP contribution in [0.4, 0.5) is 8.78 Å². The molecule has 0 radical (unpaired) electrons. The highest BCUT2D eigenvalue weighted by molar-refractivity contribution is 6.30. The summed E-state index contributed by atoms with van der Waals surface area (Å²) < 4.78 is 43.3. The number of benzene rings is 2. The first-order valence-corrected chi connectivity index (χ1v) is 15.5. The number of pyridine rings is 1. The lowest BCUT2D eigenvalue weighted by molar-refractivity contribution is 0.0690. The monoisotopic (exact) mass is 634 g/mol. The number of para-hydroxylation sites is 1. The lowest BCUT2D eigenvalue weighted by Crippen LogP contribution is -2.34. The Balaban J connectivity index is 1.11. The maximum absolute atomic E-state index is 15.5. The van der Waals surface area contributed by atoms with Gasteiger partial charge in [-0.2, -0.15) is 0 Å². The quantitative estimate of drug-likeness (QED) is 0.206. The minimum atomic E-state index is -1.11. The minimum absolute atomic E-state index is 0.0578. The summed E-state index contributed by atoms with van der Waals surface area (Å²) in [6, 6.07) is 14.0. The van der Waals surface area contributed by atoms with E-state index < -0.39 is 24.2 Å². The molecule has 234 valence electrons. The van der Waals surface area contributed by atoms with E-state index >= 15 is 4.39 Å². The van der Waals surface area contributed by atoms with Gasteiger partial charge in [-0.05, 0) is 92.7 Å². The first-order valence-electron chi connectivity index (χ1n) is 15.2. The van der Waals surface area contributed by atoms with Gasteiger partial charge in [-0.25, -0.2) is 19.2 Å². The van der Waals surface area contributed by atoms with Crippen molar-refractivity contribution in [3.05, 3.63) is 87.8 Å². The number of ether oxygens (including phenoxy) is 2. The number of nitrogens with zero attached hydrogens (tertiary/aromatic N) is 4. The summed E-state index contributed by atoms with van der Waals surface area (Å²) in [5, 5.41) is 10.0. The lowest BCUT2D eigenvalue weighted by atomic mass is 9.86. The van der Waals surface area contributed by atoms with Gasteiger partial charge in [0.05, 0.1) is 25.9 Å². The maximum Gasteiger partial charge on any atom is 0.354 e. The number of carbonyl (C=O) groups is 1. The van der Waals surface area contributed by atoms with Crippen LogP contribution < -0.4 is 9.47 Å². The number of hydrogen-bond donors (Lipinski definition) is 1. The van der Waals surface area contributed by atoms with Crippen molar-refractivity contribution in [2.45, 2.75) is 50.8 Å². The summed E-state index contributed by atoms with van der Waals surface area (Å²) in [7, 11) is 1.55. The Kier molecular flexibility index (Phi) is 7.73. The number of piperidine rings is 1. The van der Waals surface area contributed by atoms with Gasteiger partial charge in [-0.1, -0.05) is 23.7 Å². The van der Waals surface area contributed by atoms with Crippen molar-refractivity contribution in [2.24, 2.45) is 5.41 Å². The highest BCUT2D eigenvalue weighted by Gasteiger charge is 2.44. The first kappa shape index (κ1) is 29.7. The van der Waals surface area contributed by atoms with Crippen molar-refractivity contribution in [1.29, 1.82) is 0 Å². The van der Waals surface area contributed by atoms with E-state index in [0.29, 0.717) is 51.9 Å². The van der Waals surface area contributed by atoms with Crippen molar-refractivity contribution in [1.82, 2.24) is 19.4 Å². The van der Waals surface area contributed by atoms with Gasteiger partial charge in [-0.3, -0.25) is 9.29 Å². The van der Waals surface area contributed by atoms with Gasteiger partial charge >= 0.3 is 5.97 Å². The molecule has 1 N–H and O–H groups in total. The summed E-state index contributed by atoms with van der Waals surface area (Å²) in [6.45, 7) is 2.07. The Morgan fingerprint density at radius 2 is 1.93 bits per heavy atom. The van der Waals surface area contributed by atoms with Gasteiger partial charge < -0.3 is 19.1 Å². The van der Waals surface area contributed by atoms with E-state index in [0.717, 1.165) is 50.2 Å². The maximum atomic E-state index is 15.5. The molecule has 0 spiro atoms. The molecule has 2 aromatic carbocycles. The van der Waals surface area contributed by atoms with Crippen molar-refractivity contribution < 1.29 is 28.2 Å². The molecule has 1 saturated carbocycles. The summed E-state index contributed by atoms with van der Waals surface area (Å²) >= 11 is 6.16. The molecule has 1 saturated heterocycles. The van der Waals surface area contributed by atoms with E-state index in [9.17, 15) is 14.3 Å². The standard InChI is InChI=1S/C34H33ClF2N4O4/c1-44-28-15-21(35)5-6-24(28)29-16-25(37)23-4-2-3-22(31(23)45-29)20-9-13-40(14-10-20)17-30-38-26-7-8-27(33(42)43)39-32(26)41(30)19-34(18-36)11-12-34/h2-8,15-16,20,29H,9-14,17-19H2,1H3,(H,42,43). The van der Waals surface area contributed by atoms with Crippen LogP contribution in [-0.2, 0) is 13.1 Å². The molecule has 0 bridgehead atoms. The predicted octanol–water partition coefficient (Wildman–Crippen LogP) is 7.36. The molecule has 45 heavy (non-hydrogen) atoms. The number of carboxylic acid groups (broad SMARTS) is 1. The number of aromatic nitrogens is 3. The van der Waals surface area contributed by atoms with Gasteiger partial charge in [0.25, 0.3) is 0 Å². The van der Waals surface area contributed by atoms with Crippen LogP contribution in [0.3, 0.4) is 0 Å². The second-order valence-electron chi connectivity index (χ2n) is 12.3. The van der Waals surface area contributed by atoms with Crippen molar-refractivity contribution in [2.75, 3.05) is 26.9 Å². The molecule has 1 aliphatic carbocycles. The number of halogens is 3. The summed E-state index contributed by atoms with van der Waals surface area (Å²) in [5.74, 6) is 0.561. The second-order valence-corrected chi connectivity index (χ2v) is 12.7. The third-order valence-corrected chi connectivity index (χ3v) is 9.60. The molecule has 2 aromatic heterocycles. The highest BCUT2D eigenvalue weighted by Crippen LogP contribution is 2.49. The minimum Gasteiger partial charge on any atom is -0.496 e. The third-order valence-electron chi connectivity index (χ3n) is 9.36. The topological polar surface area (TPSA) is 89.7 Å². The molecule has 7 rings (SSSR count). The van der Waals surface area contributed by atoms with Gasteiger partial charge in [0, 0.05) is 22.5 Å². The summed E-state index contributed by atoms with van der Waals surface area (Å²) in [5.41, 5.74) is 2.72. The Morgan fingerprint density at radius 1 is 1.13 bits per heavy atom. The van der Waals surface area contributed by atoms with Crippen LogP contribution >= 0.6 is 11.6 Å². The van der Waals surface area contributed by atoms with Crippen LogP contribution in [0, 0.1) is 5.41 Å². The van der Waals surface area contributed by atoms with Crippen LogP contribution in [0.1, 0.15) is 70.7 Å². The number of methoxy groups -OCH3 is 1. The van der Waals surface area contributed by atoms with E-state index in [1.165, 1.54) is 12.1 Å². The van der Waals surface area contributed by atoms with Crippen LogP contribution in [0.5, 0.6) is 11.5 Å². The molecule has 4 aromatic rings. The number of hydrogen-bond acceptors (Lipinski definition) is 6. The van der Waals surface area contributed by atoms with Gasteiger partial charge in [0.15, 0.2) is 11.3 Å². The lowest BCUT2D eigenvalue weighted by Gasteiger charge is -2.34. The largest absolute Gasteiger partial charge is 0.496 e. The smallest absolute Gasteiger partial charge is 0.354 e. The zero-order chi connectivity index (χ0) is 31.3. The molecule has 8 nitrogen and oxygen atoms in total. The highest BCUT2D eigenvalue weighted by atomic mass is 35.5. The Morgan fingerprint density at radius 3 is 2.64 bits per heavy atom. The fourth-order valence-electron chi connectivity index (χ4n) is 6.56. The number of fused-ring (bicyclic) bond motifs is 2. The average molecular weight is 635 g/mol. The van der Waals surface area contributed by atoms with E-state index in [-0.39, 0.29) is 17.4 Å². The molecular formula is C34H33ClF2N4O4. The first-order chi connectivity index (χ1) is 21.8. The van der Waals surface area contributed by atoms with Crippen LogP contribution in [0.25, 0.3) is 17.0 Å². The number of imidazole rings is 1. The zero-order valence-corrected chi connectivity index (χ0v) is 25.6. The van der Waals surface area contributed by atoms with Crippen molar-refractivity contribution in [3.63, 3.8) is 0 Å². The van der Waals surface area contributed by atoms with E-state index in [1.54, 1.807) is 37.4 Å². The predicted molar refractivity (Wildman–Crippen MR) is 166 cm³/mol. The van der Waals surface area contributed by atoms with Gasteiger partial charge in [-0.15, -0.1) is 0 Å². The molecular weight excluding hydrogens is 602 g/mol. The molecule has 3 aliphatic rings. The van der Waals surface area contributed by atoms with Crippen molar-refractivity contribution >= 4 is 34.6 Å². The van der Waals surface area contributed by atoms with E-state index in [1.807, 2.05) is 16.7 Å². The Labute approximate surface area is 264 Å². The molecule has 11 heteroatoms. The SMILES string of the molecule is COc1cc(Cl)ccc1C1C=C(F)c2cccc(C3CCN(Cc4nc5ccc(C(=O)O)nc5n4CC4(CF)CC4)CC3)c2O1. The molecule has 0 amide bonds. The molecule has 1 unspecified atom stereocenters. The van der Waals surface area contributed by atoms with Crippen LogP contribution in [-0.4, -0.2) is 57.4 Å². The molecule has 2 aliphatic heterocycles. The Hall–Kier alpha value is -4.02. The number of rotatable bonds is 9. The van der Waals surface area contributed by atoms with Gasteiger partial charge in [0.2, 0.25) is 0 Å². The average Bonchev–Trinajstić information content (AvgIpc) is 3.75. The fourth-order valence-corrected chi connectivity index (χ4v) is 6.72. The second kappa shape index (κ2) is 11.7. The summed E-state index contributed by atoms with van der Waals surface area (Å²) in [6.07, 6.45) is 4.05. The fraction of sp³-hybridized carbons (Fsp3) is 0.382. The zero-order valence-electron chi connectivity index (χ0n) is 24.8. The van der Waals surface area contributed by atoms with Crippen LogP contribution in [0.15, 0.2) is 54.6 Å². The molecule has 4 heterocycles. The van der Waals surface area contributed by atoms with E-state index in [2.05, 4.69) is 9.88 Å². The van der Waals surface area contributed by atoms with Crippen molar-refractivity contribution in [3.8, 4) is 11.5 Å². The summed E-state index contributed by atoms with van der Waals surface area (Å²) in [4.78, 5) is 23.1. The third kappa shape index (κ3) is 5.66. The van der Waals surface area contributed by atoms with Gasteiger partial charge in [0.1, 0.15) is 34.8 Å². The number of carboxylic acids is 1. The Bertz CT molecular complexity index is 1810. The molecule has 1 atom stereocenters.